The lowest BCUT2D eigenvalue weighted by atomic mass is 10.0. The molecule has 0 aromatic heterocycles. The van der Waals surface area contributed by atoms with Crippen LogP contribution in [0.2, 0.25) is 0 Å². The number of ether oxygens (including phenoxy) is 1. The molecular weight excluding hydrogens is 405 g/mol. The number of nitrogens with zero attached hydrogens (tertiary/aromatic N) is 1. The molecule has 4 nitrogen and oxygen atoms in total. The first kappa shape index (κ1) is 21.7. The van der Waals surface area contributed by atoms with Gasteiger partial charge in [-0.1, -0.05) is 0 Å². The maximum atomic E-state index is 13.5. The molecule has 0 amide bonds. The van der Waals surface area contributed by atoms with Gasteiger partial charge < -0.3 is 15.2 Å². The van der Waals surface area contributed by atoms with Crippen molar-refractivity contribution in [1.29, 1.82) is 0 Å². The van der Waals surface area contributed by atoms with Crippen molar-refractivity contribution < 1.29 is 18.6 Å². The number of hydrogen-bond acceptors (Lipinski definition) is 4. The van der Waals surface area contributed by atoms with Crippen molar-refractivity contribution in [3.63, 3.8) is 0 Å². The third-order valence-corrected chi connectivity index (χ3v) is 4.01. The average molecular weight is 424 g/mol. The van der Waals surface area contributed by atoms with Crippen molar-refractivity contribution in [2.24, 2.45) is 0 Å². The van der Waals surface area contributed by atoms with Gasteiger partial charge in [0.2, 0.25) is 0 Å². The lowest BCUT2D eigenvalue weighted by Gasteiger charge is -2.35. The Morgan fingerprint density at radius 3 is 2.36 bits per heavy atom. The molecular formula is C13H19BrCl2F2N2O2. The van der Waals surface area contributed by atoms with Gasteiger partial charge in [0.15, 0.2) is 0 Å². The van der Waals surface area contributed by atoms with E-state index in [1.807, 2.05) is 0 Å². The van der Waals surface area contributed by atoms with Gasteiger partial charge in [0.1, 0.15) is 17.5 Å². The topological polar surface area (TPSA) is 44.7 Å². The molecule has 0 unspecified atom stereocenters. The lowest BCUT2D eigenvalue weighted by Crippen LogP contribution is -2.46. The third-order valence-electron chi connectivity index (χ3n) is 3.40. The first-order valence-electron chi connectivity index (χ1n) is 6.34. The third kappa shape index (κ3) is 4.83. The van der Waals surface area contributed by atoms with Crippen LogP contribution in [0, 0.1) is 0 Å². The summed E-state index contributed by atoms with van der Waals surface area (Å²) in [5, 5.41) is 13.2. The number of methoxy groups -OCH3 is 1. The summed E-state index contributed by atoms with van der Waals surface area (Å²) in [5.74, 6) is 0.278. The highest BCUT2D eigenvalue weighted by Crippen LogP contribution is 2.40. The lowest BCUT2D eigenvalue weighted by molar-refractivity contribution is 0.0169. The molecule has 1 aliphatic heterocycles. The number of aromatic hydroxyl groups is 1. The quantitative estimate of drug-likeness (QED) is 0.780. The molecule has 1 atom stereocenters. The fourth-order valence-electron chi connectivity index (χ4n) is 2.39. The molecule has 1 aromatic rings. The van der Waals surface area contributed by atoms with Gasteiger partial charge in [-0.3, -0.25) is 4.90 Å². The van der Waals surface area contributed by atoms with Gasteiger partial charge in [0, 0.05) is 31.7 Å². The first-order chi connectivity index (χ1) is 9.54. The Bertz CT molecular complexity index is 478. The molecule has 2 rings (SSSR count). The zero-order valence-corrected chi connectivity index (χ0v) is 15.1. The molecule has 0 aliphatic carbocycles. The van der Waals surface area contributed by atoms with E-state index in [1.165, 1.54) is 13.2 Å². The molecule has 9 heteroatoms. The summed E-state index contributed by atoms with van der Waals surface area (Å²) in [4.78, 5) is 1.68. The van der Waals surface area contributed by atoms with Gasteiger partial charge in [0.05, 0.1) is 11.6 Å². The fourth-order valence-corrected chi connectivity index (χ4v) is 2.84. The van der Waals surface area contributed by atoms with Crippen LogP contribution in [-0.4, -0.2) is 49.7 Å². The summed E-state index contributed by atoms with van der Waals surface area (Å²) in [6.07, 6.45) is -2.59. The second kappa shape index (κ2) is 9.72. The Hall–Kier alpha value is -0.340. The molecule has 1 fully saturated rings. The van der Waals surface area contributed by atoms with Crippen molar-refractivity contribution in [1.82, 2.24) is 10.2 Å². The van der Waals surface area contributed by atoms with E-state index in [-0.39, 0.29) is 36.1 Å². The van der Waals surface area contributed by atoms with Gasteiger partial charge >= 0.3 is 0 Å². The van der Waals surface area contributed by atoms with E-state index >= 15 is 0 Å². The SMILES string of the molecule is COc1cc(Br)c(O)c([C@H](C(F)F)N2CCNCC2)c1.Cl.Cl. The largest absolute Gasteiger partial charge is 0.506 e. The van der Waals surface area contributed by atoms with Gasteiger partial charge in [-0.05, 0) is 28.1 Å². The molecule has 0 bridgehead atoms. The predicted octanol–water partition coefficient (Wildman–Crippen LogP) is 3.22. The highest BCUT2D eigenvalue weighted by molar-refractivity contribution is 9.10. The summed E-state index contributed by atoms with van der Waals surface area (Å²) >= 11 is 3.17. The maximum absolute atomic E-state index is 13.5. The Morgan fingerprint density at radius 2 is 1.86 bits per heavy atom. The average Bonchev–Trinajstić information content (AvgIpc) is 2.44. The molecule has 2 N–H and O–H groups in total. The smallest absolute Gasteiger partial charge is 0.258 e. The standard InChI is InChI=1S/C13H17BrF2N2O2.2ClH/c1-20-8-6-9(12(19)10(14)7-8)11(13(15)16)18-4-2-17-3-5-18;;/h6-7,11,13,17,19H,2-5H2,1H3;2*1H/t11-;;/m1../s1. The number of nitrogens with one attached hydrogen (secondary N) is 1. The molecule has 1 aromatic carbocycles. The molecule has 0 radical (unpaired) electrons. The minimum absolute atomic E-state index is 0. The highest BCUT2D eigenvalue weighted by atomic mass is 79.9. The Morgan fingerprint density at radius 1 is 1.27 bits per heavy atom. The van der Waals surface area contributed by atoms with Crippen molar-refractivity contribution in [2.45, 2.75) is 12.5 Å². The van der Waals surface area contributed by atoms with Crippen LogP contribution in [0.3, 0.4) is 0 Å². The zero-order valence-electron chi connectivity index (χ0n) is 11.9. The second-order valence-corrected chi connectivity index (χ2v) is 5.47. The molecule has 128 valence electrons. The van der Waals surface area contributed by atoms with Crippen LogP contribution in [0.25, 0.3) is 0 Å². The number of rotatable bonds is 4. The van der Waals surface area contributed by atoms with Gasteiger partial charge in [-0.15, -0.1) is 24.8 Å². The summed E-state index contributed by atoms with van der Waals surface area (Å²) in [5.41, 5.74) is 0.188. The first-order valence-corrected chi connectivity index (χ1v) is 7.13. The van der Waals surface area contributed by atoms with E-state index in [1.54, 1.807) is 11.0 Å². The van der Waals surface area contributed by atoms with Crippen LogP contribution in [0.1, 0.15) is 11.6 Å². The van der Waals surface area contributed by atoms with Gasteiger partial charge in [0.25, 0.3) is 6.43 Å². The van der Waals surface area contributed by atoms with Crippen molar-refractivity contribution in [3.05, 3.63) is 22.2 Å². The van der Waals surface area contributed by atoms with E-state index in [4.69, 9.17) is 4.74 Å². The highest BCUT2D eigenvalue weighted by Gasteiger charge is 2.33. The number of piperazine rings is 1. The summed E-state index contributed by atoms with van der Waals surface area (Å²) in [6.45, 7) is 2.36. The molecule has 0 spiro atoms. The predicted molar refractivity (Wildman–Crippen MR) is 90.0 cm³/mol. The van der Waals surface area contributed by atoms with Crippen molar-refractivity contribution >= 4 is 40.7 Å². The Kier molecular flexibility index (Phi) is 9.57. The van der Waals surface area contributed by atoms with E-state index in [2.05, 4.69) is 21.2 Å². The van der Waals surface area contributed by atoms with E-state index in [0.29, 0.717) is 36.4 Å². The minimum atomic E-state index is -2.59. The van der Waals surface area contributed by atoms with E-state index in [9.17, 15) is 13.9 Å². The molecule has 1 aliphatic rings. The molecule has 0 saturated carbocycles. The van der Waals surface area contributed by atoms with Crippen LogP contribution >= 0.6 is 40.7 Å². The van der Waals surface area contributed by atoms with Crippen molar-refractivity contribution in [3.8, 4) is 11.5 Å². The van der Waals surface area contributed by atoms with Crippen LogP contribution in [-0.2, 0) is 0 Å². The van der Waals surface area contributed by atoms with Crippen LogP contribution in [0.5, 0.6) is 11.5 Å². The number of phenols is 1. The Labute approximate surface area is 149 Å². The summed E-state index contributed by atoms with van der Waals surface area (Å²) < 4.78 is 32.4. The van der Waals surface area contributed by atoms with Crippen LogP contribution in [0.15, 0.2) is 16.6 Å². The van der Waals surface area contributed by atoms with Gasteiger partial charge in [-0.2, -0.15) is 0 Å². The zero-order chi connectivity index (χ0) is 14.7. The molecule has 1 saturated heterocycles. The molecule has 22 heavy (non-hydrogen) atoms. The maximum Gasteiger partial charge on any atom is 0.258 e. The van der Waals surface area contributed by atoms with E-state index in [0.717, 1.165) is 0 Å². The van der Waals surface area contributed by atoms with Crippen LogP contribution in [0.4, 0.5) is 8.78 Å². The van der Waals surface area contributed by atoms with E-state index < -0.39 is 12.5 Å². The minimum Gasteiger partial charge on any atom is -0.506 e. The number of halogens is 5. The number of benzene rings is 1. The van der Waals surface area contributed by atoms with Crippen LogP contribution < -0.4 is 10.1 Å². The second-order valence-electron chi connectivity index (χ2n) is 4.61. The number of alkyl halides is 2. The molecule has 1 heterocycles. The normalized spacial score (nSPS) is 16.6. The number of hydrogen-bond donors (Lipinski definition) is 2. The Balaban J connectivity index is 0.00000220. The number of phenolic OH excluding ortho intramolecular Hbond substituents is 1. The monoisotopic (exact) mass is 422 g/mol. The summed E-state index contributed by atoms with van der Waals surface area (Å²) in [7, 11) is 1.46. The van der Waals surface area contributed by atoms with Crippen molar-refractivity contribution in [2.75, 3.05) is 33.3 Å². The summed E-state index contributed by atoms with van der Waals surface area (Å²) in [6, 6.07) is 1.89. The fraction of sp³-hybridized carbons (Fsp3) is 0.538. The van der Waals surface area contributed by atoms with Gasteiger partial charge in [-0.25, -0.2) is 8.78 Å².